The van der Waals surface area contributed by atoms with Gasteiger partial charge in [-0.3, -0.25) is 0 Å². The topological polar surface area (TPSA) is 44.2 Å². The highest BCUT2D eigenvalue weighted by Crippen LogP contribution is 2.43. The molecule has 0 aliphatic carbocycles. The molecule has 6 heteroatoms. The van der Waals surface area contributed by atoms with Crippen molar-refractivity contribution in [2.75, 3.05) is 14.2 Å². The average molecular weight is 307 g/mol. The highest BCUT2D eigenvalue weighted by molar-refractivity contribution is 7.22. The van der Waals surface area contributed by atoms with E-state index in [2.05, 4.69) is 9.97 Å². The SMILES string of the molecule is COc1cccc(-c2cc3ncnc(Cl)c3s2)c1OC. The van der Waals surface area contributed by atoms with Crippen LogP contribution in [0, 0.1) is 0 Å². The molecule has 1 aromatic carbocycles. The number of hydrogen-bond acceptors (Lipinski definition) is 5. The second kappa shape index (κ2) is 5.26. The molecule has 0 aliphatic rings. The summed E-state index contributed by atoms with van der Waals surface area (Å²) in [6.45, 7) is 0. The van der Waals surface area contributed by atoms with Crippen molar-refractivity contribution >= 4 is 33.2 Å². The Hall–Kier alpha value is -1.85. The molecule has 0 bridgehead atoms. The number of hydrogen-bond donors (Lipinski definition) is 0. The summed E-state index contributed by atoms with van der Waals surface area (Å²) in [6.07, 6.45) is 1.46. The van der Waals surface area contributed by atoms with Crippen molar-refractivity contribution in [3.63, 3.8) is 0 Å². The number of thiophene rings is 1. The maximum Gasteiger partial charge on any atom is 0.169 e. The van der Waals surface area contributed by atoms with Crippen molar-refractivity contribution in [1.82, 2.24) is 9.97 Å². The van der Waals surface area contributed by atoms with Crippen molar-refractivity contribution in [3.8, 4) is 21.9 Å². The van der Waals surface area contributed by atoms with Gasteiger partial charge in [-0.05, 0) is 18.2 Å². The Morgan fingerprint density at radius 3 is 2.70 bits per heavy atom. The zero-order valence-corrected chi connectivity index (χ0v) is 12.5. The number of para-hydroxylation sites is 1. The van der Waals surface area contributed by atoms with Crippen molar-refractivity contribution in [2.45, 2.75) is 0 Å². The first kappa shape index (κ1) is 13.1. The van der Waals surface area contributed by atoms with Crippen molar-refractivity contribution in [3.05, 3.63) is 35.7 Å². The van der Waals surface area contributed by atoms with Crippen LogP contribution in [0.15, 0.2) is 30.6 Å². The molecular formula is C14H11ClN2O2S. The summed E-state index contributed by atoms with van der Waals surface area (Å²) in [6, 6.07) is 7.75. The van der Waals surface area contributed by atoms with Crippen LogP contribution in [0.4, 0.5) is 0 Å². The number of aromatic nitrogens is 2. The molecule has 20 heavy (non-hydrogen) atoms. The van der Waals surface area contributed by atoms with Crippen LogP contribution in [0.25, 0.3) is 20.7 Å². The summed E-state index contributed by atoms with van der Waals surface area (Å²) in [5.41, 5.74) is 1.78. The van der Waals surface area contributed by atoms with Gasteiger partial charge in [-0.15, -0.1) is 11.3 Å². The summed E-state index contributed by atoms with van der Waals surface area (Å²) in [4.78, 5) is 9.24. The van der Waals surface area contributed by atoms with Crippen LogP contribution >= 0.6 is 22.9 Å². The second-order valence-corrected chi connectivity index (χ2v) is 5.44. The smallest absolute Gasteiger partial charge is 0.169 e. The highest BCUT2D eigenvalue weighted by atomic mass is 35.5. The van der Waals surface area contributed by atoms with Crippen molar-refractivity contribution in [2.24, 2.45) is 0 Å². The minimum absolute atomic E-state index is 0.466. The molecule has 0 fully saturated rings. The van der Waals surface area contributed by atoms with Crippen molar-refractivity contribution in [1.29, 1.82) is 0 Å². The van der Waals surface area contributed by atoms with E-state index >= 15 is 0 Å². The molecule has 0 saturated heterocycles. The monoisotopic (exact) mass is 306 g/mol. The third-order valence-electron chi connectivity index (χ3n) is 2.94. The van der Waals surface area contributed by atoms with Gasteiger partial charge in [0, 0.05) is 10.4 Å². The molecular weight excluding hydrogens is 296 g/mol. The molecule has 3 aromatic rings. The van der Waals surface area contributed by atoms with E-state index in [-0.39, 0.29) is 0 Å². The third kappa shape index (κ3) is 2.09. The van der Waals surface area contributed by atoms with Crippen LogP contribution in [0.2, 0.25) is 5.15 Å². The van der Waals surface area contributed by atoms with E-state index in [4.69, 9.17) is 21.1 Å². The normalized spacial score (nSPS) is 10.8. The quantitative estimate of drug-likeness (QED) is 0.685. The molecule has 0 unspecified atom stereocenters. The predicted molar refractivity (Wildman–Crippen MR) is 81.0 cm³/mol. The Balaban J connectivity index is 2.23. The van der Waals surface area contributed by atoms with E-state index in [9.17, 15) is 0 Å². The van der Waals surface area contributed by atoms with Crippen LogP contribution in [-0.2, 0) is 0 Å². The van der Waals surface area contributed by atoms with E-state index in [0.717, 1.165) is 20.7 Å². The molecule has 3 rings (SSSR count). The number of nitrogens with zero attached hydrogens (tertiary/aromatic N) is 2. The Morgan fingerprint density at radius 2 is 2.00 bits per heavy atom. The van der Waals surface area contributed by atoms with Crippen LogP contribution in [-0.4, -0.2) is 24.2 Å². The van der Waals surface area contributed by atoms with Gasteiger partial charge in [0.2, 0.25) is 0 Å². The fourth-order valence-corrected chi connectivity index (χ4v) is 3.31. The molecule has 2 heterocycles. The van der Waals surface area contributed by atoms with E-state index < -0.39 is 0 Å². The van der Waals surface area contributed by atoms with E-state index in [1.54, 1.807) is 14.2 Å². The molecule has 0 saturated carbocycles. The van der Waals surface area contributed by atoms with Crippen LogP contribution in [0.3, 0.4) is 0 Å². The molecule has 0 N–H and O–H groups in total. The minimum atomic E-state index is 0.466. The number of methoxy groups -OCH3 is 2. The summed E-state index contributed by atoms with van der Waals surface area (Å²) < 4.78 is 11.7. The molecule has 0 spiro atoms. The van der Waals surface area contributed by atoms with E-state index in [0.29, 0.717) is 16.7 Å². The second-order valence-electron chi connectivity index (χ2n) is 4.03. The van der Waals surface area contributed by atoms with Crippen LogP contribution in [0.1, 0.15) is 0 Å². The fourth-order valence-electron chi connectivity index (χ4n) is 2.04. The number of ether oxygens (including phenoxy) is 2. The molecule has 4 nitrogen and oxygen atoms in total. The lowest BCUT2D eigenvalue weighted by molar-refractivity contribution is 0.356. The number of fused-ring (bicyclic) bond motifs is 1. The summed E-state index contributed by atoms with van der Waals surface area (Å²) in [7, 11) is 3.25. The summed E-state index contributed by atoms with van der Waals surface area (Å²) in [5.74, 6) is 1.39. The van der Waals surface area contributed by atoms with Gasteiger partial charge in [-0.2, -0.15) is 0 Å². The molecule has 0 atom stereocenters. The fraction of sp³-hybridized carbons (Fsp3) is 0.143. The standard InChI is InChI=1S/C14H11ClN2O2S/c1-18-10-5-3-4-8(12(10)19-2)11-6-9-13(20-11)14(15)17-7-16-9/h3-7H,1-2H3. The number of rotatable bonds is 3. The zero-order chi connectivity index (χ0) is 14.1. The minimum Gasteiger partial charge on any atom is -0.493 e. The molecule has 0 aliphatic heterocycles. The Morgan fingerprint density at radius 1 is 1.15 bits per heavy atom. The lowest BCUT2D eigenvalue weighted by Crippen LogP contribution is -1.92. The van der Waals surface area contributed by atoms with Gasteiger partial charge in [-0.25, -0.2) is 9.97 Å². The van der Waals surface area contributed by atoms with Gasteiger partial charge >= 0.3 is 0 Å². The predicted octanol–water partition coefficient (Wildman–Crippen LogP) is 4.03. The van der Waals surface area contributed by atoms with E-state index in [1.165, 1.54) is 17.7 Å². The first-order valence-corrected chi connectivity index (χ1v) is 7.05. The first-order chi connectivity index (χ1) is 9.74. The Bertz CT molecular complexity index is 773. The molecule has 2 aromatic heterocycles. The van der Waals surface area contributed by atoms with Crippen molar-refractivity contribution < 1.29 is 9.47 Å². The highest BCUT2D eigenvalue weighted by Gasteiger charge is 2.15. The maximum absolute atomic E-state index is 6.09. The van der Waals surface area contributed by atoms with Crippen LogP contribution < -0.4 is 9.47 Å². The molecule has 0 amide bonds. The molecule has 0 radical (unpaired) electrons. The van der Waals surface area contributed by atoms with Gasteiger partial charge in [0.15, 0.2) is 11.5 Å². The summed E-state index contributed by atoms with van der Waals surface area (Å²) in [5, 5.41) is 0.466. The van der Waals surface area contributed by atoms with Gasteiger partial charge in [0.25, 0.3) is 0 Å². The number of benzene rings is 1. The maximum atomic E-state index is 6.09. The van der Waals surface area contributed by atoms with E-state index in [1.807, 2.05) is 24.3 Å². The van der Waals surface area contributed by atoms with Gasteiger partial charge in [0.05, 0.1) is 24.4 Å². The molecule has 102 valence electrons. The average Bonchev–Trinajstić information content (AvgIpc) is 2.91. The Kier molecular flexibility index (Phi) is 3.46. The van der Waals surface area contributed by atoms with Gasteiger partial charge < -0.3 is 9.47 Å². The lowest BCUT2D eigenvalue weighted by Gasteiger charge is -2.10. The summed E-state index contributed by atoms with van der Waals surface area (Å²) >= 11 is 7.63. The van der Waals surface area contributed by atoms with Gasteiger partial charge in [0.1, 0.15) is 11.5 Å². The Labute approximate surface area is 125 Å². The van der Waals surface area contributed by atoms with Crippen LogP contribution in [0.5, 0.6) is 11.5 Å². The van der Waals surface area contributed by atoms with Gasteiger partial charge in [-0.1, -0.05) is 17.7 Å². The number of halogens is 1. The lowest BCUT2D eigenvalue weighted by atomic mass is 10.1. The first-order valence-electron chi connectivity index (χ1n) is 5.86. The zero-order valence-electron chi connectivity index (χ0n) is 10.9. The largest absolute Gasteiger partial charge is 0.493 e. The third-order valence-corrected chi connectivity index (χ3v) is 4.50.